The summed E-state index contributed by atoms with van der Waals surface area (Å²) >= 11 is 11.5. The third kappa shape index (κ3) is 3.19. The Labute approximate surface area is 104 Å². The summed E-state index contributed by atoms with van der Waals surface area (Å²) in [6.45, 7) is 0. The van der Waals surface area contributed by atoms with Gasteiger partial charge in [0.2, 0.25) is 10.4 Å². The van der Waals surface area contributed by atoms with Gasteiger partial charge < -0.3 is 4.74 Å². The number of aromatic nitrogens is 3. The average molecular weight is 262 g/mol. The Morgan fingerprint density at radius 2 is 1.69 bits per heavy atom. The lowest BCUT2D eigenvalue weighted by atomic mass is 10.1. The summed E-state index contributed by atoms with van der Waals surface area (Å²) in [4.78, 5) is 3.94. The zero-order chi connectivity index (χ0) is 11.4. The quantitative estimate of drug-likeness (QED) is 0.767. The van der Waals surface area contributed by atoms with Gasteiger partial charge in [-0.1, -0.05) is 24.4 Å². The van der Waals surface area contributed by atoms with Crippen molar-refractivity contribution in [2.24, 2.45) is 0 Å². The van der Waals surface area contributed by atoms with E-state index < -0.39 is 0 Å². The smallest absolute Gasteiger partial charge is 0.257 e. The van der Waals surface area contributed by atoms with E-state index in [1.807, 2.05) is 0 Å². The van der Waals surface area contributed by atoms with Crippen LogP contribution in [0.3, 0.4) is 0 Å². The maximum Gasteiger partial charge on any atom is 0.257 e. The minimum atomic E-state index is 0.0630. The standard InChI is InChI=1S/C10H13Cl2N3O/c11-8-9(13-10(12)15-14-8)16-7-5-3-1-2-4-6-7/h7H,1-6H2. The molecule has 1 aliphatic rings. The van der Waals surface area contributed by atoms with Crippen LogP contribution in [0.2, 0.25) is 10.4 Å². The zero-order valence-electron chi connectivity index (χ0n) is 8.83. The Morgan fingerprint density at radius 1 is 1.00 bits per heavy atom. The third-order valence-electron chi connectivity index (χ3n) is 2.67. The summed E-state index contributed by atoms with van der Waals surface area (Å²) in [6.07, 6.45) is 7.18. The molecule has 0 amide bonds. The summed E-state index contributed by atoms with van der Waals surface area (Å²) in [5, 5.41) is 7.44. The van der Waals surface area contributed by atoms with Crippen molar-refractivity contribution in [1.29, 1.82) is 0 Å². The van der Waals surface area contributed by atoms with Gasteiger partial charge in [0.15, 0.2) is 0 Å². The van der Waals surface area contributed by atoms with Crippen LogP contribution >= 0.6 is 23.2 Å². The van der Waals surface area contributed by atoms with Crippen molar-refractivity contribution in [1.82, 2.24) is 15.2 Å². The van der Waals surface area contributed by atoms with Crippen LogP contribution in [-0.2, 0) is 0 Å². The van der Waals surface area contributed by atoms with Crippen molar-refractivity contribution in [2.75, 3.05) is 0 Å². The van der Waals surface area contributed by atoms with Crippen molar-refractivity contribution < 1.29 is 4.74 Å². The summed E-state index contributed by atoms with van der Waals surface area (Å²) < 4.78 is 5.72. The van der Waals surface area contributed by atoms with Gasteiger partial charge in [0.1, 0.15) is 6.10 Å². The van der Waals surface area contributed by atoms with E-state index in [2.05, 4.69) is 15.2 Å². The fourth-order valence-corrected chi connectivity index (χ4v) is 2.11. The SMILES string of the molecule is Clc1nnc(Cl)c(OC2CCCCCC2)n1. The molecule has 0 atom stereocenters. The summed E-state index contributed by atoms with van der Waals surface area (Å²) in [6, 6.07) is 0. The first-order chi connectivity index (χ1) is 7.75. The lowest BCUT2D eigenvalue weighted by Gasteiger charge is -2.15. The summed E-state index contributed by atoms with van der Waals surface area (Å²) in [7, 11) is 0. The molecule has 0 aliphatic heterocycles. The Balaban J connectivity index is 2.04. The Kier molecular flexibility index (Phi) is 4.18. The molecule has 0 unspecified atom stereocenters. The maximum absolute atomic E-state index is 5.84. The van der Waals surface area contributed by atoms with Gasteiger partial charge in [0, 0.05) is 0 Å². The molecule has 1 aliphatic carbocycles. The van der Waals surface area contributed by atoms with E-state index in [0.29, 0.717) is 5.88 Å². The highest BCUT2D eigenvalue weighted by Gasteiger charge is 2.17. The number of hydrogen-bond donors (Lipinski definition) is 0. The van der Waals surface area contributed by atoms with Crippen LogP contribution in [0, 0.1) is 0 Å². The van der Waals surface area contributed by atoms with Gasteiger partial charge in [-0.15, -0.1) is 10.2 Å². The number of nitrogens with zero attached hydrogens (tertiary/aromatic N) is 3. The van der Waals surface area contributed by atoms with Crippen LogP contribution in [0.1, 0.15) is 38.5 Å². The second kappa shape index (κ2) is 5.64. The van der Waals surface area contributed by atoms with Gasteiger partial charge in [0.05, 0.1) is 0 Å². The molecule has 1 fully saturated rings. The number of rotatable bonds is 2. The fraction of sp³-hybridized carbons (Fsp3) is 0.700. The minimum Gasteiger partial charge on any atom is -0.472 e. The maximum atomic E-state index is 5.84. The molecule has 1 heterocycles. The van der Waals surface area contributed by atoms with Crippen LogP contribution < -0.4 is 4.74 Å². The van der Waals surface area contributed by atoms with Crippen LogP contribution in [0.4, 0.5) is 0 Å². The van der Waals surface area contributed by atoms with E-state index >= 15 is 0 Å². The predicted molar refractivity (Wildman–Crippen MR) is 62.0 cm³/mol. The summed E-state index contributed by atoms with van der Waals surface area (Å²) in [5.41, 5.74) is 0. The molecule has 0 radical (unpaired) electrons. The average Bonchev–Trinajstić information content (AvgIpc) is 2.52. The second-order valence-electron chi connectivity index (χ2n) is 3.91. The predicted octanol–water partition coefficient (Wildman–Crippen LogP) is 3.28. The van der Waals surface area contributed by atoms with Gasteiger partial charge in [-0.25, -0.2) is 0 Å². The molecule has 0 saturated heterocycles. The van der Waals surface area contributed by atoms with E-state index in [-0.39, 0.29) is 16.5 Å². The van der Waals surface area contributed by atoms with Gasteiger partial charge in [0.25, 0.3) is 5.88 Å². The molecular formula is C10H13Cl2N3O. The highest BCUT2D eigenvalue weighted by molar-refractivity contribution is 6.31. The highest BCUT2D eigenvalue weighted by atomic mass is 35.5. The number of halogens is 2. The number of ether oxygens (including phenoxy) is 1. The Hall–Kier alpha value is -0.610. The van der Waals surface area contributed by atoms with Gasteiger partial charge in [-0.3, -0.25) is 0 Å². The zero-order valence-corrected chi connectivity index (χ0v) is 10.3. The monoisotopic (exact) mass is 261 g/mol. The van der Waals surface area contributed by atoms with Crippen molar-refractivity contribution in [3.8, 4) is 5.88 Å². The molecule has 2 rings (SSSR count). The Bertz CT molecular complexity index is 354. The molecule has 0 N–H and O–H groups in total. The van der Waals surface area contributed by atoms with Gasteiger partial charge >= 0.3 is 0 Å². The molecule has 0 spiro atoms. The second-order valence-corrected chi connectivity index (χ2v) is 4.60. The third-order valence-corrected chi connectivity index (χ3v) is 3.07. The summed E-state index contributed by atoms with van der Waals surface area (Å²) in [5.74, 6) is 0.300. The van der Waals surface area contributed by atoms with E-state index in [0.717, 1.165) is 12.8 Å². The van der Waals surface area contributed by atoms with Gasteiger partial charge in [-0.2, -0.15) is 4.98 Å². The molecular weight excluding hydrogens is 249 g/mol. The molecule has 0 bridgehead atoms. The van der Waals surface area contributed by atoms with Crippen molar-refractivity contribution >= 4 is 23.2 Å². The van der Waals surface area contributed by atoms with Crippen molar-refractivity contribution in [2.45, 2.75) is 44.6 Å². The van der Waals surface area contributed by atoms with Crippen LogP contribution in [-0.4, -0.2) is 21.3 Å². The normalized spacial score (nSPS) is 18.1. The Morgan fingerprint density at radius 3 is 2.38 bits per heavy atom. The molecule has 0 aromatic carbocycles. The molecule has 16 heavy (non-hydrogen) atoms. The van der Waals surface area contributed by atoms with E-state index in [1.54, 1.807) is 0 Å². The van der Waals surface area contributed by atoms with E-state index in [1.165, 1.54) is 25.7 Å². The van der Waals surface area contributed by atoms with Crippen LogP contribution in [0.15, 0.2) is 0 Å². The lowest BCUT2D eigenvalue weighted by Crippen LogP contribution is -2.16. The molecule has 1 aromatic rings. The molecule has 88 valence electrons. The van der Waals surface area contributed by atoms with Crippen LogP contribution in [0.25, 0.3) is 0 Å². The van der Waals surface area contributed by atoms with Crippen LogP contribution in [0.5, 0.6) is 5.88 Å². The molecule has 6 heteroatoms. The first kappa shape index (κ1) is 11.9. The lowest BCUT2D eigenvalue weighted by molar-refractivity contribution is 0.175. The highest BCUT2D eigenvalue weighted by Crippen LogP contribution is 2.25. The molecule has 4 nitrogen and oxygen atoms in total. The van der Waals surface area contributed by atoms with Crippen molar-refractivity contribution in [3.63, 3.8) is 0 Å². The van der Waals surface area contributed by atoms with E-state index in [9.17, 15) is 0 Å². The van der Waals surface area contributed by atoms with E-state index in [4.69, 9.17) is 27.9 Å². The number of hydrogen-bond acceptors (Lipinski definition) is 4. The minimum absolute atomic E-state index is 0.0630. The topological polar surface area (TPSA) is 47.9 Å². The first-order valence-electron chi connectivity index (χ1n) is 5.48. The van der Waals surface area contributed by atoms with Gasteiger partial charge in [-0.05, 0) is 37.3 Å². The molecule has 1 saturated carbocycles. The molecule has 1 aromatic heterocycles. The first-order valence-corrected chi connectivity index (χ1v) is 6.23. The largest absolute Gasteiger partial charge is 0.472 e. The fourth-order valence-electron chi connectivity index (χ4n) is 1.87. The van der Waals surface area contributed by atoms with Crippen molar-refractivity contribution in [3.05, 3.63) is 10.4 Å².